The molecule has 1 N–H and O–H groups in total. The quantitative estimate of drug-likeness (QED) is 0.496. The standard InChI is InChI=1S/C13H16F4N2O3/c1-8(2)12(6-20)18(7-13(15,16)17)11-4-3-9(19(21)22)5-10(11)14/h3-5,8,12,20H,6-7H2,1-2H3/t12-/m0/s1. The molecule has 1 rings (SSSR count). The van der Waals surface area contributed by atoms with Gasteiger partial charge in [-0.3, -0.25) is 10.1 Å². The van der Waals surface area contributed by atoms with Crippen molar-refractivity contribution in [3.8, 4) is 0 Å². The van der Waals surface area contributed by atoms with Crippen molar-refractivity contribution in [3.63, 3.8) is 0 Å². The number of rotatable bonds is 6. The van der Waals surface area contributed by atoms with Crippen molar-refractivity contribution in [3.05, 3.63) is 34.1 Å². The number of halogens is 4. The average molecular weight is 324 g/mol. The minimum Gasteiger partial charge on any atom is -0.394 e. The fourth-order valence-corrected chi connectivity index (χ4v) is 2.09. The first-order valence-corrected chi connectivity index (χ1v) is 6.45. The van der Waals surface area contributed by atoms with Gasteiger partial charge in [0.2, 0.25) is 0 Å². The summed E-state index contributed by atoms with van der Waals surface area (Å²) in [5.74, 6) is -1.53. The highest BCUT2D eigenvalue weighted by Gasteiger charge is 2.36. The minimum absolute atomic E-state index is 0.387. The zero-order valence-corrected chi connectivity index (χ0v) is 12.0. The molecular formula is C13H16F4N2O3. The summed E-state index contributed by atoms with van der Waals surface area (Å²) in [5.41, 5.74) is -0.992. The van der Waals surface area contributed by atoms with E-state index in [-0.39, 0.29) is 5.92 Å². The van der Waals surface area contributed by atoms with Gasteiger partial charge in [-0.2, -0.15) is 13.2 Å². The van der Waals surface area contributed by atoms with Crippen molar-refractivity contribution in [2.75, 3.05) is 18.1 Å². The molecule has 0 saturated heterocycles. The van der Waals surface area contributed by atoms with E-state index in [0.29, 0.717) is 11.0 Å². The smallest absolute Gasteiger partial charge is 0.394 e. The maximum atomic E-state index is 14.0. The summed E-state index contributed by atoms with van der Waals surface area (Å²) in [6.07, 6.45) is -4.61. The molecule has 22 heavy (non-hydrogen) atoms. The number of aliphatic hydroxyl groups is 1. The number of non-ortho nitro benzene ring substituents is 1. The Morgan fingerprint density at radius 2 is 1.95 bits per heavy atom. The van der Waals surface area contributed by atoms with Crippen LogP contribution < -0.4 is 4.90 Å². The molecule has 5 nitrogen and oxygen atoms in total. The van der Waals surface area contributed by atoms with Gasteiger partial charge in [-0.15, -0.1) is 0 Å². The van der Waals surface area contributed by atoms with Crippen LogP contribution >= 0.6 is 0 Å². The van der Waals surface area contributed by atoms with Crippen LogP contribution in [0.15, 0.2) is 18.2 Å². The summed E-state index contributed by atoms with van der Waals surface area (Å²) in [7, 11) is 0. The van der Waals surface area contributed by atoms with E-state index < -0.39 is 47.5 Å². The molecule has 0 spiro atoms. The van der Waals surface area contributed by atoms with Crippen molar-refractivity contribution >= 4 is 11.4 Å². The molecule has 0 aromatic heterocycles. The molecule has 0 saturated carbocycles. The summed E-state index contributed by atoms with van der Waals surface area (Å²) in [5, 5.41) is 19.9. The minimum atomic E-state index is -4.61. The van der Waals surface area contributed by atoms with Crippen molar-refractivity contribution in [2.24, 2.45) is 5.92 Å². The lowest BCUT2D eigenvalue weighted by molar-refractivity contribution is -0.385. The molecule has 1 aromatic rings. The molecule has 1 aromatic carbocycles. The van der Waals surface area contributed by atoms with E-state index in [2.05, 4.69) is 0 Å². The topological polar surface area (TPSA) is 66.6 Å². The number of alkyl halides is 3. The Kier molecular flexibility index (Phi) is 5.70. The van der Waals surface area contributed by atoms with Gasteiger partial charge in [-0.1, -0.05) is 13.8 Å². The fourth-order valence-electron chi connectivity index (χ4n) is 2.09. The Hall–Kier alpha value is -1.90. The number of nitro benzene ring substituents is 1. The predicted molar refractivity (Wildman–Crippen MR) is 72.2 cm³/mol. The van der Waals surface area contributed by atoms with Gasteiger partial charge in [0.15, 0.2) is 5.82 Å². The molecule has 1 atom stereocenters. The summed E-state index contributed by atoms with van der Waals surface area (Å²) in [6, 6.07) is 1.44. The molecule has 0 aliphatic rings. The number of aliphatic hydroxyl groups excluding tert-OH is 1. The van der Waals surface area contributed by atoms with E-state index in [1.165, 1.54) is 0 Å². The lowest BCUT2D eigenvalue weighted by Gasteiger charge is -2.35. The maximum absolute atomic E-state index is 14.0. The summed E-state index contributed by atoms with van der Waals surface area (Å²) >= 11 is 0. The number of hydrogen-bond donors (Lipinski definition) is 1. The lowest BCUT2D eigenvalue weighted by Crippen LogP contribution is -2.47. The molecule has 9 heteroatoms. The van der Waals surface area contributed by atoms with E-state index in [1.807, 2.05) is 0 Å². The second kappa shape index (κ2) is 6.91. The van der Waals surface area contributed by atoms with Gasteiger partial charge in [0, 0.05) is 6.07 Å². The van der Waals surface area contributed by atoms with Crippen LogP contribution in [-0.2, 0) is 0 Å². The summed E-state index contributed by atoms with van der Waals surface area (Å²) < 4.78 is 52.2. The average Bonchev–Trinajstić information content (AvgIpc) is 2.36. The third-order valence-corrected chi connectivity index (χ3v) is 3.16. The monoisotopic (exact) mass is 324 g/mol. The Morgan fingerprint density at radius 3 is 2.32 bits per heavy atom. The first kappa shape index (κ1) is 18.1. The van der Waals surface area contributed by atoms with E-state index in [9.17, 15) is 32.8 Å². The van der Waals surface area contributed by atoms with Crippen LogP contribution in [0, 0.1) is 21.8 Å². The highest BCUT2D eigenvalue weighted by molar-refractivity contribution is 5.53. The molecule has 124 valence electrons. The molecule has 0 radical (unpaired) electrons. The fraction of sp³-hybridized carbons (Fsp3) is 0.538. The third-order valence-electron chi connectivity index (χ3n) is 3.16. The highest BCUT2D eigenvalue weighted by atomic mass is 19.4. The van der Waals surface area contributed by atoms with Gasteiger partial charge in [0.05, 0.1) is 29.3 Å². The molecule has 0 aliphatic heterocycles. The van der Waals surface area contributed by atoms with E-state index in [0.717, 1.165) is 12.1 Å². The zero-order chi connectivity index (χ0) is 17.1. The lowest BCUT2D eigenvalue weighted by atomic mass is 10.0. The summed E-state index contributed by atoms with van der Waals surface area (Å²) in [6.45, 7) is 1.11. The van der Waals surface area contributed by atoms with Crippen molar-refractivity contribution < 1.29 is 27.6 Å². The predicted octanol–water partition coefficient (Wildman–Crippen LogP) is 3.12. The van der Waals surface area contributed by atoms with Gasteiger partial charge in [0.1, 0.15) is 6.54 Å². The second-order valence-electron chi connectivity index (χ2n) is 5.13. The first-order valence-electron chi connectivity index (χ1n) is 6.45. The van der Waals surface area contributed by atoms with Gasteiger partial charge in [0.25, 0.3) is 5.69 Å². The van der Waals surface area contributed by atoms with Crippen LogP contribution in [0.2, 0.25) is 0 Å². The highest BCUT2D eigenvalue weighted by Crippen LogP contribution is 2.30. The van der Waals surface area contributed by atoms with E-state index in [4.69, 9.17) is 0 Å². The van der Waals surface area contributed by atoms with E-state index in [1.54, 1.807) is 13.8 Å². The Bertz CT molecular complexity index is 535. The number of anilines is 1. The number of hydrogen-bond acceptors (Lipinski definition) is 4. The number of nitro groups is 1. The summed E-state index contributed by atoms with van der Waals surface area (Å²) in [4.78, 5) is 10.4. The normalized spacial score (nSPS) is 13.3. The molecule has 0 bridgehead atoms. The zero-order valence-electron chi connectivity index (χ0n) is 12.0. The molecule has 0 aliphatic carbocycles. The van der Waals surface area contributed by atoms with Gasteiger partial charge in [-0.25, -0.2) is 4.39 Å². The van der Waals surface area contributed by atoms with Crippen molar-refractivity contribution in [1.29, 1.82) is 0 Å². The molecule has 0 heterocycles. The van der Waals surface area contributed by atoms with Crippen LogP contribution in [0.3, 0.4) is 0 Å². The molecule has 0 unspecified atom stereocenters. The largest absolute Gasteiger partial charge is 0.405 e. The Labute approximate surface area is 124 Å². The van der Waals surface area contributed by atoms with Crippen molar-refractivity contribution in [2.45, 2.75) is 26.1 Å². The van der Waals surface area contributed by atoms with Crippen molar-refractivity contribution in [1.82, 2.24) is 0 Å². The SMILES string of the molecule is CC(C)[C@H](CO)N(CC(F)(F)F)c1ccc([N+](=O)[O-])cc1F. The van der Waals surface area contributed by atoms with Crippen LogP contribution in [0.1, 0.15) is 13.8 Å². The Morgan fingerprint density at radius 1 is 1.36 bits per heavy atom. The van der Waals surface area contributed by atoms with Crippen LogP contribution in [0.25, 0.3) is 0 Å². The van der Waals surface area contributed by atoms with Crippen LogP contribution in [0.4, 0.5) is 28.9 Å². The van der Waals surface area contributed by atoms with Gasteiger partial charge >= 0.3 is 6.18 Å². The van der Waals surface area contributed by atoms with Gasteiger partial charge < -0.3 is 10.0 Å². The van der Waals surface area contributed by atoms with Crippen LogP contribution in [0.5, 0.6) is 0 Å². The molecular weight excluding hydrogens is 308 g/mol. The molecule has 0 fully saturated rings. The number of benzene rings is 1. The number of nitrogens with zero attached hydrogens (tertiary/aromatic N) is 2. The maximum Gasteiger partial charge on any atom is 0.405 e. The molecule has 0 amide bonds. The van der Waals surface area contributed by atoms with Crippen LogP contribution in [-0.4, -0.2) is 35.4 Å². The second-order valence-corrected chi connectivity index (χ2v) is 5.13. The Balaban J connectivity index is 3.29. The third kappa shape index (κ3) is 4.55. The van der Waals surface area contributed by atoms with E-state index >= 15 is 0 Å². The van der Waals surface area contributed by atoms with Gasteiger partial charge in [-0.05, 0) is 12.0 Å². The first-order chi connectivity index (χ1) is 10.1.